The zero-order valence-electron chi connectivity index (χ0n) is 10.9. The molecule has 1 unspecified atom stereocenters. The van der Waals surface area contributed by atoms with Crippen LogP contribution in [-0.2, 0) is 9.59 Å². The van der Waals surface area contributed by atoms with Crippen molar-refractivity contribution in [3.05, 3.63) is 42.0 Å². The summed E-state index contributed by atoms with van der Waals surface area (Å²) in [6, 6.07) is 9.61. The first-order chi connectivity index (χ1) is 9.61. The minimum absolute atomic E-state index is 0.0564. The van der Waals surface area contributed by atoms with E-state index >= 15 is 0 Å². The molecular weight excluding hydrogens is 274 g/mol. The molecule has 0 saturated carbocycles. The number of amides is 1. The second-order valence-corrected chi connectivity index (χ2v) is 6.36. The molecule has 20 heavy (non-hydrogen) atoms. The van der Waals surface area contributed by atoms with Gasteiger partial charge in [-0.1, -0.05) is 42.5 Å². The fourth-order valence-corrected chi connectivity index (χ4v) is 3.91. The van der Waals surface area contributed by atoms with Crippen molar-refractivity contribution in [2.75, 3.05) is 12.3 Å². The zero-order chi connectivity index (χ0) is 14.2. The second kappa shape index (κ2) is 4.98. The van der Waals surface area contributed by atoms with Crippen LogP contribution in [0, 0.1) is 5.41 Å². The summed E-state index contributed by atoms with van der Waals surface area (Å²) in [6.45, 7) is 0.280. The molecule has 0 aromatic heterocycles. The van der Waals surface area contributed by atoms with Gasteiger partial charge in [-0.2, -0.15) is 0 Å². The van der Waals surface area contributed by atoms with E-state index in [1.165, 1.54) is 0 Å². The number of aliphatic carboxylic acids is 1. The summed E-state index contributed by atoms with van der Waals surface area (Å²) >= 11 is 1.56. The van der Waals surface area contributed by atoms with Crippen molar-refractivity contribution in [1.29, 1.82) is 0 Å². The lowest BCUT2D eigenvalue weighted by atomic mass is 9.87. The van der Waals surface area contributed by atoms with E-state index in [4.69, 9.17) is 0 Å². The summed E-state index contributed by atoms with van der Waals surface area (Å²) in [5.41, 5.74) is -0.0113. The van der Waals surface area contributed by atoms with E-state index in [1.807, 2.05) is 36.4 Å². The maximum absolute atomic E-state index is 11.7. The normalized spacial score (nSPS) is 29.1. The standard InChI is InChI=1S/C15H15NO3S/c17-12-8-13-16(12)9-15(10-20-13,14(18)19)7-6-11-4-2-1-3-5-11/h1-7,13H,8-10H2,(H,18,19)/t13-,15?/m1/s1. The molecule has 0 bridgehead atoms. The SMILES string of the molecule is O=C1C[C@H]2SCC(C=Cc3ccccc3)(C(=O)O)CN12. The minimum Gasteiger partial charge on any atom is -0.481 e. The number of thioether (sulfide) groups is 1. The molecule has 1 aromatic carbocycles. The number of hydrogen-bond donors (Lipinski definition) is 1. The monoisotopic (exact) mass is 289 g/mol. The van der Waals surface area contributed by atoms with Crippen LogP contribution < -0.4 is 0 Å². The Morgan fingerprint density at radius 1 is 1.40 bits per heavy atom. The minimum atomic E-state index is -0.979. The smallest absolute Gasteiger partial charge is 0.316 e. The van der Waals surface area contributed by atoms with Gasteiger partial charge in [-0.05, 0) is 5.56 Å². The zero-order valence-corrected chi connectivity index (χ0v) is 11.7. The number of hydrogen-bond acceptors (Lipinski definition) is 3. The van der Waals surface area contributed by atoms with Gasteiger partial charge < -0.3 is 10.0 Å². The molecule has 2 heterocycles. The molecule has 1 aromatic rings. The highest BCUT2D eigenvalue weighted by Gasteiger charge is 2.50. The highest BCUT2D eigenvalue weighted by Crippen LogP contribution is 2.42. The number of β-lactam (4-membered cyclic amide) rings is 1. The number of rotatable bonds is 3. The van der Waals surface area contributed by atoms with Crippen LogP contribution >= 0.6 is 11.8 Å². The molecule has 0 aliphatic carbocycles. The number of carbonyl (C=O) groups is 2. The summed E-state index contributed by atoms with van der Waals surface area (Å²) in [4.78, 5) is 24.9. The van der Waals surface area contributed by atoms with Crippen molar-refractivity contribution >= 4 is 29.7 Å². The van der Waals surface area contributed by atoms with E-state index in [2.05, 4.69) is 0 Å². The predicted octanol–water partition coefficient (Wildman–Crippen LogP) is 2.08. The van der Waals surface area contributed by atoms with Crippen LogP contribution in [0.5, 0.6) is 0 Å². The van der Waals surface area contributed by atoms with Crippen molar-refractivity contribution in [2.24, 2.45) is 5.41 Å². The van der Waals surface area contributed by atoms with Gasteiger partial charge in [0.15, 0.2) is 0 Å². The van der Waals surface area contributed by atoms with Gasteiger partial charge in [-0.25, -0.2) is 0 Å². The van der Waals surface area contributed by atoms with Crippen LogP contribution in [0.4, 0.5) is 0 Å². The van der Waals surface area contributed by atoms with E-state index in [-0.39, 0.29) is 17.8 Å². The van der Waals surface area contributed by atoms with Crippen molar-refractivity contribution in [3.8, 4) is 0 Å². The Balaban J connectivity index is 1.83. The Bertz CT molecular complexity index is 572. The average molecular weight is 289 g/mol. The number of benzene rings is 1. The third-order valence-electron chi connectivity index (χ3n) is 3.82. The molecule has 104 valence electrons. The molecule has 2 fully saturated rings. The average Bonchev–Trinajstić information content (AvgIpc) is 2.46. The lowest BCUT2D eigenvalue weighted by Gasteiger charge is -2.49. The summed E-state index contributed by atoms with van der Waals surface area (Å²) in [5.74, 6) is -0.295. The molecule has 0 spiro atoms. The lowest BCUT2D eigenvalue weighted by Crippen LogP contribution is -2.60. The Labute approximate surface area is 121 Å². The molecule has 3 rings (SSSR count). The van der Waals surface area contributed by atoms with Crippen molar-refractivity contribution in [1.82, 2.24) is 4.90 Å². The van der Waals surface area contributed by atoms with Crippen LogP contribution in [0.3, 0.4) is 0 Å². The molecule has 1 N–H and O–H groups in total. The molecule has 2 aliphatic rings. The molecule has 2 aliphatic heterocycles. The maximum atomic E-state index is 11.7. The topological polar surface area (TPSA) is 57.6 Å². The molecule has 1 amide bonds. The Kier molecular flexibility index (Phi) is 3.30. The van der Waals surface area contributed by atoms with Crippen LogP contribution in [0.15, 0.2) is 36.4 Å². The molecule has 2 saturated heterocycles. The summed E-state index contributed by atoms with van der Waals surface area (Å²) < 4.78 is 0. The summed E-state index contributed by atoms with van der Waals surface area (Å²) in [5, 5.41) is 9.76. The number of carboxylic acid groups (broad SMARTS) is 1. The molecule has 2 atom stereocenters. The predicted molar refractivity (Wildman–Crippen MR) is 78.1 cm³/mol. The van der Waals surface area contributed by atoms with Crippen LogP contribution in [0.25, 0.3) is 6.08 Å². The molecule has 5 heteroatoms. The number of nitrogens with zero attached hydrogens (tertiary/aromatic N) is 1. The number of carboxylic acids is 1. The molecule has 0 radical (unpaired) electrons. The van der Waals surface area contributed by atoms with Gasteiger partial charge >= 0.3 is 5.97 Å². The largest absolute Gasteiger partial charge is 0.481 e. The Morgan fingerprint density at radius 2 is 2.15 bits per heavy atom. The quantitative estimate of drug-likeness (QED) is 0.866. The highest BCUT2D eigenvalue weighted by atomic mass is 32.2. The molecular formula is C15H15NO3S. The van der Waals surface area contributed by atoms with Crippen molar-refractivity contribution in [2.45, 2.75) is 11.8 Å². The van der Waals surface area contributed by atoms with Crippen LogP contribution in [0.1, 0.15) is 12.0 Å². The van der Waals surface area contributed by atoms with Gasteiger partial charge in [-0.15, -0.1) is 11.8 Å². The van der Waals surface area contributed by atoms with Crippen LogP contribution in [-0.4, -0.2) is 39.6 Å². The highest BCUT2D eigenvalue weighted by molar-refractivity contribution is 8.00. The maximum Gasteiger partial charge on any atom is 0.316 e. The Morgan fingerprint density at radius 3 is 2.80 bits per heavy atom. The summed E-state index contributed by atoms with van der Waals surface area (Å²) in [7, 11) is 0. The van der Waals surface area contributed by atoms with Gasteiger partial charge in [0.2, 0.25) is 5.91 Å². The Hall–Kier alpha value is -1.75. The van der Waals surface area contributed by atoms with Crippen molar-refractivity contribution in [3.63, 3.8) is 0 Å². The van der Waals surface area contributed by atoms with Gasteiger partial charge in [0.05, 0.1) is 11.8 Å². The summed E-state index contributed by atoms with van der Waals surface area (Å²) in [6.07, 6.45) is 4.11. The molecule has 4 nitrogen and oxygen atoms in total. The fourth-order valence-electron chi connectivity index (χ4n) is 2.48. The third kappa shape index (κ3) is 2.22. The first-order valence-electron chi connectivity index (χ1n) is 6.49. The van der Waals surface area contributed by atoms with Gasteiger partial charge in [0.1, 0.15) is 5.41 Å². The number of carbonyl (C=O) groups excluding carboxylic acids is 1. The van der Waals surface area contributed by atoms with E-state index in [0.29, 0.717) is 12.2 Å². The fraction of sp³-hybridized carbons (Fsp3) is 0.333. The second-order valence-electron chi connectivity index (χ2n) is 5.20. The van der Waals surface area contributed by atoms with E-state index < -0.39 is 11.4 Å². The van der Waals surface area contributed by atoms with E-state index in [0.717, 1.165) is 5.56 Å². The van der Waals surface area contributed by atoms with E-state index in [9.17, 15) is 14.7 Å². The first-order valence-corrected chi connectivity index (χ1v) is 7.54. The lowest BCUT2D eigenvalue weighted by molar-refractivity contribution is -0.152. The van der Waals surface area contributed by atoms with Crippen LogP contribution in [0.2, 0.25) is 0 Å². The van der Waals surface area contributed by atoms with Gasteiger partial charge in [0, 0.05) is 12.3 Å². The third-order valence-corrected chi connectivity index (χ3v) is 5.31. The van der Waals surface area contributed by atoms with Gasteiger partial charge in [0.25, 0.3) is 0 Å². The van der Waals surface area contributed by atoms with Crippen molar-refractivity contribution < 1.29 is 14.7 Å². The number of fused-ring (bicyclic) bond motifs is 1. The van der Waals surface area contributed by atoms with E-state index in [1.54, 1.807) is 22.7 Å². The van der Waals surface area contributed by atoms with Gasteiger partial charge in [-0.3, -0.25) is 9.59 Å². The first kappa shape index (κ1) is 13.2.